The number of hydrogen-bond donors (Lipinski definition) is 1. The third-order valence-corrected chi connectivity index (χ3v) is 5.40. The van der Waals surface area contributed by atoms with E-state index >= 15 is 0 Å². The molecular weight excluding hydrogens is 254 g/mol. The van der Waals surface area contributed by atoms with Crippen LogP contribution in [0.3, 0.4) is 0 Å². The zero-order chi connectivity index (χ0) is 13.4. The van der Waals surface area contributed by atoms with E-state index in [0.717, 1.165) is 19.7 Å². The fraction of sp³-hybridized carbons (Fsp3) is 0.750. The third-order valence-electron chi connectivity index (χ3n) is 4.46. The fourth-order valence-corrected chi connectivity index (χ4v) is 3.95. The standard InChI is InChI=1S/C16H27NOS/c1-18-13-12-17-11-10-16(7-2-3-8-16)9-6-15-5-4-14-19-15/h4-5,14,17H,2-3,6-13H2,1H3. The Labute approximate surface area is 121 Å². The number of rotatable bonds is 9. The van der Waals surface area contributed by atoms with Gasteiger partial charge in [-0.3, -0.25) is 0 Å². The molecule has 0 radical (unpaired) electrons. The van der Waals surface area contributed by atoms with E-state index in [2.05, 4.69) is 22.8 Å². The number of nitrogens with one attached hydrogen (secondary N) is 1. The predicted octanol–water partition coefficient (Wildman–Crippen LogP) is 3.87. The summed E-state index contributed by atoms with van der Waals surface area (Å²) in [6.07, 6.45) is 9.72. The van der Waals surface area contributed by atoms with Crippen LogP contribution in [-0.2, 0) is 11.2 Å². The number of ether oxygens (including phenoxy) is 1. The summed E-state index contributed by atoms with van der Waals surface area (Å²) in [7, 11) is 1.77. The van der Waals surface area contributed by atoms with Gasteiger partial charge in [-0.1, -0.05) is 18.9 Å². The molecule has 0 spiro atoms. The van der Waals surface area contributed by atoms with E-state index in [9.17, 15) is 0 Å². The van der Waals surface area contributed by atoms with Crippen LogP contribution >= 0.6 is 11.3 Å². The molecule has 0 aromatic carbocycles. The van der Waals surface area contributed by atoms with Crippen LogP contribution < -0.4 is 5.32 Å². The highest BCUT2D eigenvalue weighted by Gasteiger charge is 2.32. The number of methoxy groups -OCH3 is 1. The molecule has 1 N–H and O–H groups in total. The summed E-state index contributed by atoms with van der Waals surface area (Å²) >= 11 is 1.91. The van der Waals surface area contributed by atoms with Gasteiger partial charge in [-0.15, -0.1) is 11.3 Å². The Balaban J connectivity index is 1.73. The van der Waals surface area contributed by atoms with Crippen LogP contribution in [0.15, 0.2) is 17.5 Å². The van der Waals surface area contributed by atoms with Gasteiger partial charge in [-0.05, 0) is 55.5 Å². The van der Waals surface area contributed by atoms with E-state index in [1.165, 1.54) is 44.9 Å². The van der Waals surface area contributed by atoms with E-state index in [0.29, 0.717) is 5.41 Å². The highest BCUT2D eigenvalue weighted by molar-refractivity contribution is 7.09. The molecule has 1 heterocycles. The summed E-state index contributed by atoms with van der Waals surface area (Å²) in [6, 6.07) is 4.46. The molecule has 2 nitrogen and oxygen atoms in total. The van der Waals surface area contributed by atoms with E-state index in [4.69, 9.17) is 4.74 Å². The maximum atomic E-state index is 5.07. The SMILES string of the molecule is COCCNCCC1(CCc2cccs2)CCCC1. The van der Waals surface area contributed by atoms with Gasteiger partial charge in [0.15, 0.2) is 0 Å². The fourth-order valence-electron chi connectivity index (χ4n) is 3.25. The van der Waals surface area contributed by atoms with Crippen molar-refractivity contribution >= 4 is 11.3 Å². The first-order chi connectivity index (χ1) is 9.35. The first-order valence-corrected chi connectivity index (χ1v) is 8.45. The highest BCUT2D eigenvalue weighted by atomic mass is 32.1. The zero-order valence-corrected chi connectivity index (χ0v) is 12.9. The van der Waals surface area contributed by atoms with Crippen molar-refractivity contribution in [2.75, 3.05) is 26.8 Å². The molecule has 0 unspecified atom stereocenters. The summed E-state index contributed by atoms with van der Waals surface area (Å²) in [5.41, 5.74) is 0.615. The van der Waals surface area contributed by atoms with Crippen molar-refractivity contribution in [3.63, 3.8) is 0 Å². The van der Waals surface area contributed by atoms with Gasteiger partial charge in [0.2, 0.25) is 0 Å². The van der Waals surface area contributed by atoms with E-state index < -0.39 is 0 Å². The van der Waals surface area contributed by atoms with Crippen LogP contribution in [0.2, 0.25) is 0 Å². The topological polar surface area (TPSA) is 21.3 Å². The van der Waals surface area contributed by atoms with Gasteiger partial charge in [0.05, 0.1) is 6.61 Å². The van der Waals surface area contributed by atoms with E-state index in [-0.39, 0.29) is 0 Å². The van der Waals surface area contributed by atoms with Gasteiger partial charge in [0, 0.05) is 18.5 Å². The average Bonchev–Trinajstić information content (AvgIpc) is 3.08. The molecule has 1 aliphatic carbocycles. The lowest BCUT2D eigenvalue weighted by atomic mass is 9.78. The van der Waals surface area contributed by atoms with Crippen molar-refractivity contribution in [1.82, 2.24) is 5.32 Å². The van der Waals surface area contributed by atoms with Crippen LogP contribution in [0.25, 0.3) is 0 Å². The van der Waals surface area contributed by atoms with Gasteiger partial charge in [-0.2, -0.15) is 0 Å². The summed E-state index contributed by atoms with van der Waals surface area (Å²) in [6.45, 7) is 2.95. The molecule has 0 bridgehead atoms. The van der Waals surface area contributed by atoms with E-state index in [1.807, 2.05) is 11.3 Å². The first kappa shape index (κ1) is 15.0. The van der Waals surface area contributed by atoms with Crippen molar-refractivity contribution in [2.24, 2.45) is 5.41 Å². The second-order valence-corrected chi connectivity index (χ2v) is 6.81. The molecule has 1 aromatic rings. The van der Waals surface area contributed by atoms with Crippen molar-refractivity contribution in [2.45, 2.75) is 44.9 Å². The van der Waals surface area contributed by atoms with Crippen molar-refractivity contribution in [1.29, 1.82) is 0 Å². The van der Waals surface area contributed by atoms with Gasteiger partial charge in [0.1, 0.15) is 0 Å². The van der Waals surface area contributed by atoms with Crippen LogP contribution in [-0.4, -0.2) is 26.8 Å². The van der Waals surface area contributed by atoms with Gasteiger partial charge >= 0.3 is 0 Å². The number of hydrogen-bond acceptors (Lipinski definition) is 3. The molecule has 0 saturated heterocycles. The minimum absolute atomic E-state index is 0.615. The predicted molar refractivity (Wildman–Crippen MR) is 82.9 cm³/mol. The molecule has 108 valence electrons. The highest BCUT2D eigenvalue weighted by Crippen LogP contribution is 2.44. The molecular formula is C16H27NOS. The Morgan fingerprint density at radius 2 is 2.11 bits per heavy atom. The smallest absolute Gasteiger partial charge is 0.0587 e. The van der Waals surface area contributed by atoms with Gasteiger partial charge in [0.25, 0.3) is 0 Å². The minimum Gasteiger partial charge on any atom is -0.383 e. The van der Waals surface area contributed by atoms with Crippen LogP contribution in [0.5, 0.6) is 0 Å². The molecule has 1 aliphatic rings. The Morgan fingerprint density at radius 1 is 1.26 bits per heavy atom. The quantitative estimate of drug-likeness (QED) is 0.694. The Morgan fingerprint density at radius 3 is 2.79 bits per heavy atom. The van der Waals surface area contributed by atoms with Crippen molar-refractivity contribution < 1.29 is 4.74 Å². The Bertz CT molecular complexity index is 331. The minimum atomic E-state index is 0.615. The van der Waals surface area contributed by atoms with Crippen molar-refractivity contribution in [3.05, 3.63) is 22.4 Å². The second-order valence-electron chi connectivity index (χ2n) is 5.78. The molecule has 2 rings (SSSR count). The molecule has 1 aromatic heterocycles. The van der Waals surface area contributed by atoms with E-state index in [1.54, 1.807) is 12.0 Å². The van der Waals surface area contributed by atoms with Crippen LogP contribution in [0, 0.1) is 5.41 Å². The maximum Gasteiger partial charge on any atom is 0.0587 e. The first-order valence-electron chi connectivity index (χ1n) is 7.57. The number of thiophene rings is 1. The Hall–Kier alpha value is -0.380. The lowest BCUT2D eigenvalue weighted by molar-refractivity contribution is 0.194. The molecule has 3 heteroatoms. The third kappa shape index (κ3) is 4.90. The van der Waals surface area contributed by atoms with Crippen LogP contribution in [0.1, 0.15) is 43.4 Å². The molecule has 1 fully saturated rings. The Kier molecular flexibility index (Phi) is 6.35. The molecule has 0 amide bonds. The lowest BCUT2D eigenvalue weighted by Gasteiger charge is -2.29. The zero-order valence-electron chi connectivity index (χ0n) is 12.1. The van der Waals surface area contributed by atoms with Gasteiger partial charge in [-0.25, -0.2) is 0 Å². The summed E-state index contributed by atoms with van der Waals surface area (Å²) in [5, 5.41) is 5.71. The van der Waals surface area contributed by atoms with Gasteiger partial charge < -0.3 is 10.1 Å². The molecule has 0 aliphatic heterocycles. The average molecular weight is 281 g/mol. The molecule has 1 saturated carbocycles. The van der Waals surface area contributed by atoms with Crippen LogP contribution in [0.4, 0.5) is 0 Å². The lowest BCUT2D eigenvalue weighted by Crippen LogP contribution is -2.27. The molecule has 0 atom stereocenters. The number of aryl methyl sites for hydroxylation is 1. The normalized spacial score (nSPS) is 17.9. The largest absolute Gasteiger partial charge is 0.383 e. The monoisotopic (exact) mass is 281 g/mol. The maximum absolute atomic E-state index is 5.07. The van der Waals surface area contributed by atoms with Crippen molar-refractivity contribution in [3.8, 4) is 0 Å². The summed E-state index contributed by atoms with van der Waals surface area (Å²) in [5.74, 6) is 0. The second kappa shape index (κ2) is 8.03. The summed E-state index contributed by atoms with van der Waals surface area (Å²) < 4.78 is 5.07. The molecule has 19 heavy (non-hydrogen) atoms. The summed E-state index contributed by atoms with van der Waals surface area (Å²) in [4.78, 5) is 1.55.